The molecular weight excluding hydrogens is 324 g/mol. The molecule has 0 aliphatic heterocycles. The predicted molar refractivity (Wildman–Crippen MR) is 82.7 cm³/mol. The van der Waals surface area contributed by atoms with Gasteiger partial charge in [0, 0.05) is 12.5 Å². The van der Waals surface area contributed by atoms with E-state index in [0.717, 1.165) is 18.9 Å². The molecule has 0 aromatic heterocycles. The average molecular weight is 347 g/mol. The third-order valence-corrected chi connectivity index (χ3v) is 3.42. The molecule has 5 heteroatoms. The molecule has 1 unspecified atom stereocenters. The van der Waals surface area contributed by atoms with E-state index in [-0.39, 0.29) is 23.0 Å². The summed E-state index contributed by atoms with van der Waals surface area (Å²) in [7, 11) is 0. The molecule has 0 spiro atoms. The van der Waals surface area contributed by atoms with E-state index in [1.54, 1.807) is 13.8 Å². The lowest BCUT2D eigenvalue weighted by molar-refractivity contribution is -0.151. The zero-order valence-corrected chi connectivity index (χ0v) is 13.7. The Morgan fingerprint density at radius 2 is 1.80 bits per heavy atom. The van der Waals surface area contributed by atoms with Crippen molar-refractivity contribution in [2.75, 3.05) is 0 Å². The third-order valence-electron chi connectivity index (χ3n) is 2.59. The van der Waals surface area contributed by atoms with Crippen LogP contribution in [0.1, 0.15) is 39.5 Å². The van der Waals surface area contributed by atoms with Crippen LogP contribution in [0.15, 0.2) is 25.3 Å². The zero-order valence-electron chi connectivity index (χ0n) is 12.1. The first kappa shape index (κ1) is 18.9. The highest BCUT2D eigenvalue weighted by molar-refractivity contribution is 9.10. The Kier molecular flexibility index (Phi) is 10.1. The van der Waals surface area contributed by atoms with E-state index < -0.39 is 5.97 Å². The topological polar surface area (TPSA) is 52.6 Å². The van der Waals surface area contributed by atoms with Crippen molar-refractivity contribution in [3.8, 4) is 0 Å². The summed E-state index contributed by atoms with van der Waals surface area (Å²) in [5, 5.41) is 0. The van der Waals surface area contributed by atoms with Crippen LogP contribution in [0.5, 0.6) is 0 Å². The van der Waals surface area contributed by atoms with E-state index in [4.69, 9.17) is 9.47 Å². The Morgan fingerprint density at radius 3 is 2.35 bits per heavy atom. The van der Waals surface area contributed by atoms with Crippen LogP contribution in [0.4, 0.5) is 0 Å². The highest BCUT2D eigenvalue weighted by atomic mass is 79.9. The lowest BCUT2D eigenvalue weighted by Crippen LogP contribution is -2.26. The summed E-state index contributed by atoms with van der Waals surface area (Å²) < 4.78 is 10.3. The normalized spacial score (nSPS) is 14.8. The van der Waals surface area contributed by atoms with Crippen molar-refractivity contribution < 1.29 is 19.1 Å². The number of carbonyl (C=O) groups excluding carboxylic acids is 2. The molecule has 0 aliphatic rings. The van der Waals surface area contributed by atoms with Gasteiger partial charge >= 0.3 is 11.9 Å². The number of alkyl halides is 1. The molecule has 0 saturated carbocycles. The first-order chi connectivity index (χ1) is 9.40. The van der Waals surface area contributed by atoms with Crippen molar-refractivity contribution in [2.24, 2.45) is 0 Å². The fraction of sp³-hybridized carbons (Fsp3) is 0.600. The maximum Gasteiger partial charge on any atom is 0.330 e. The molecule has 0 aliphatic carbocycles. The third kappa shape index (κ3) is 8.91. The van der Waals surface area contributed by atoms with Gasteiger partial charge in [0.15, 0.2) is 0 Å². The van der Waals surface area contributed by atoms with Gasteiger partial charge in [-0.2, -0.15) is 0 Å². The number of allylic oxidation sites excluding steroid dienone is 1. The highest BCUT2D eigenvalue weighted by Crippen LogP contribution is 2.15. The molecule has 4 nitrogen and oxygen atoms in total. The van der Waals surface area contributed by atoms with Crippen LogP contribution in [0.2, 0.25) is 0 Å². The molecular formula is C15H23BrO4. The lowest BCUT2D eigenvalue weighted by Gasteiger charge is -2.19. The minimum Gasteiger partial charge on any atom is -0.462 e. The number of rotatable bonds is 10. The van der Waals surface area contributed by atoms with Crippen LogP contribution >= 0.6 is 15.9 Å². The number of unbranched alkanes of at least 4 members (excludes halogenated alkanes) is 1. The molecule has 0 saturated heterocycles. The molecule has 0 bridgehead atoms. The molecule has 0 N–H and O–H groups in total. The van der Waals surface area contributed by atoms with E-state index in [9.17, 15) is 9.59 Å². The monoisotopic (exact) mass is 346 g/mol. The maximum atomic E-state index is 11.8. The highest BCUT2D eigenvalue weighted by Gasteiger charge is 2.20. The number of hydrogen-bond donors (Lipinski definition) is 0. The van der Waals surface area contributed by atoms with Crippen LogP contribution in [0.25, 0.3) is 0 Å². The molecule has 114 valence electrons. The summed E-state index contributed by atoms with van der Waals surface area (Å²) in [6.07, 6.45) is 5.23. The Balaban J connectivity index is 4.02. The fourth-order valence-electron chi connectivity index (χ4n) is 1.64. The first-order valence-electron chi connectivity index (χ1n) is 6.69. The largest absolute Gasteiger partial charge is 0.462 e. The van der Waals surface area contributed by atoms with Crippen molar-refractivity contribution in [3.63, 3.8) is 0 Å². The number of esters is 2. The van der Waals surface area contributed by atoms with E-state index in [1.165, 1.54) is 0 Å². The number of ether oxygens (including phenoxy) is 2. The van der Waals surface area contributed by atoms with E-state index in [0.29, 0.717) is 12.8 Å². The standard InChI is InChI=1S/C15H23BrO4/c1-5-7-8-9-13(16)15(18)20-12(4)10-11(3)19-14(17)6-2/h5-6,11-13H,1-2,7-10H2,3-4H3/t11-,12+,13?/m0/s1. The van der Waals surface area contributed by atoms with Crippen molar-refractivity contribution in [3.05, 3.63) is 25.3 Å². The maximum absolute atomic E-state index is 11.8. The van der Waals surface area contributed by atoms with Crippen molar-refractivity contribution in [1.29, 1.82) is 0 Å². The number of hydrogen-bond acceptors (Lipinski definition) is 4. The molecule has 0 rings (SSSR count). The van der Waals surface area contributed by atoms with Gasteiger partial charge in [-0.1, -0.05) is 28.6 Å². The smallest absolute Gasteiger partial charge is 0.330 e. The summed E-state index contributed by atoms with van der Waals surface area (Å²) in [6, 6.07) is 0. The molecule has 0 radical (unpaired) electrons. The van der Waals surface area contributed by atoms with Crippen LogP contribution in [0, 0.1) is 0 Å². The van der Waals surface area contributed by atoms with Crippen molar-refractivity contribution in [1.82, 2.24) is 0 Å². The van der Waals surface area contributed by atoms with Gasteiger partial charge in [0.2, 0.25) is 0 Å². The Hall–Kier alpha value is -1.10. The minimum absolute atomic E-state index is 0.288. The van der Waals surface area contributed by atoms with Gasteiger partial charge in [0.05, 0.1) is 0 Å². The minimum atomic E-state index is -0.473. The fourth-order valence-corrected chi connectivity index (χ4v) is 2.07. The summed E-state index contributed by atoms with van der Waals surface area (Å²) in [6.45, 7) is 10.5. The van der Waals surface area contributed by atoms with Crippen LogP contribution in [0.3, 0.4) is 0 Å². The summed E-state index contributed by atoms with van der Waals surface area (Å²) in [4.78, 5) is 22.5. The van der Waals surface area contributed by atoms with E-state index >= 15 is 0 Å². The van der Waals surface area contributed by atoms with Crippen molar-refractivity contribution in [2.45, 2.75) is 56.6 Å². The van der Waals surface area contributed by atoms with E-state index in [1.807, 2.05) is 6.08 Å². The molecule has 0 aromatic rings. The summed E-state index contributed by atoms with van der Waals surface area (Å²) in [5.41, 5.74) is 0. The Bertz CT molecular complexity index is 341. The molecule has 0 amide bonds. The zero-order chi connectivity index (χ0) is 15.5. The first-order valence-corrected chi connectivity index (χ1v) is 7.60. The predicted octanol–water partition coefficient (Wildman–Crippen LogP) is 3.55. The van der Waals surface area contributed by atoms with Crippen LogP contribution in [-0.4, -0.2) is 29.0 Å². The van der Waals surface area contributed by atoms with Crippen molar-refractivity contribution >= 4 is 27.9 Å². The second kappa shape index (κ2) is 10.7. The van der Waals surface area contributed by atoms with Crippen LogP contribution < -0.4 is 0 Å². The van der Waals surface area contributed by atoms with Gasteiger partial charge < -0.3 is 9.47 Å². The van der Waals surface area contributed by atoms with E-state index in [2.05, 4.69) is 29.1 Å². The quantitative estimate of drug-likeness (QED) is 0.199. The van der Waals surface area contributed by atoms with Gasteiger partial charge in [-0.15, -0.1) is 6.58 Å². The lowest BCUT2D eigenvalue weighted by atomic mass is 10.2. The van der Waals surface area contributed by atoms with Gasteiger partial charge in [0.25, 0.3) is 0 Å². The summed E-state index contributed by atoms with van der Waals surface area (Å²) in [5.74, 6) is -0.761. The second-order valence-corrected chi connectivity index (χ2v) is 5.73. The number of carbonyl (C=O) groups is 2. The summed E-state index contributed by atoms with van der Waals surface area (Å²) >= 11 is 3.31. The molecule has 0 heterocycles. The Morgan fingerprint density at radius 1 is 1.20 bits per heavy atom. The second-order valence-electron chi connectivity index (χ2n) is 4.62. The van der Waals surface area contributed by atoms with Gasteiger partial charge in [-0.05, 0) is 33.1 Å². The van der Waals surface area contributed by atoms with Gasteiger partial charge in [-0.3, -0.25) is 4.79 Å². The molecule has 3 atom stereocenters. The van der Waals surface area contributed by atoms with Crippen LogP contribution in [-0.2, 0) is 19.1 Å². The molecule has 20 heavy (non-hydrogen) atoms. The molecule has 0 aromatic carbocycles. The Labute approximate surface area is 129 Å². The van der Waals surface area contributed by atoms with Gasteiger partial charge in [0.1, 0.15) is 17.0 Å². The molecule has 0 fully saturated rings. The SMILES string of the molecule is C=CCCCC(Br)C(=O)O[C@H](C)C[C@H](C)OC(=O)C=C. The van der Waals surface area contributed by atoms with Gasteiger partial charge in [-0.25, -0.2) is 4.79 Å². The number of halogens is 1. The average Bonchev–Trinajstić information content (AvgIpc) is 2.38.